The smallest absolute Gasteiger partial charge is 0.291 e. The number of ether oxygens (including phenoxy) is 1. The maximum Gasteiger partial charge on any atom is 0.291 e. The van der Waals surface area contributed by atoms with Crippen LogP contribution >= 0.6 is 0 Å². The summed E-state index contributed by atoms with van der Waals surface area (Å²) in [5, 5.41) is 0. The Bertz CT molecular complexity index is 187. The van der Waals surface area contributed by atoms with Crippen molar-refractivity contribution in [2.45, 2.75) is 52.9 Å². The van der Waals surface area contributed by atoms with Crippen LogP contribution in [0.5, 0.6) is 0 Å². The summed E-state index contributed by atoms with van der Waals surface area (Å²) in [6, 6.07) is 0. The second-order valence-corrected chi connectivity index (χ2v) is 5.72. The summed E-state index contributed by atoms with van der Waals surface area (Å²) < 4.78 is 10.2. The lowest BCUT2D eigenvalue weighted by molar-refractivity contribution is -0.134. The third-order valence-corrected chi connectivity index (χ3v) is 2.82. The van der Waals surface area contributed by atoms with Crippen molar-refractivity contribution in [1.82, 2.24) is 0 Å². The highest BCUT2D eigenvalue weighted by Crippen LogP contribution is 2.20. The molecule has 0 atom stereocenters. The van der Waals surface area contributed by atoms with E-state index in [1.54, 1.807) is 0 Å². The summed E-state index contributed by atoms with van der Waals surface area (Å²) in [5.74, 6) is -0.0700. The van der Waals surface area contributed by atoms with Crippen molar-refractivity contribution in [3.63, 3.8) is 0 Å². The van der Waals surface area contributed by atoms with E-state index < -0.39 is 0 Å². The number of hydrogen-bond acceptors (Lipinski definition) is 3. The van der Waals surface area contributed by atoms with Crippen molar-refractivity contribution >= 4 is 16.5 Å². The number of carbonyl (C=O) groups is 1. The predicted octanol–water partition coefficient (Wildman–Crippen LogP) is 1.82. The van der Waals surface area contributed by atoms with E-state index in [1.807, 2.05) is 0 Å². The zero-order valence-corrected chi connectivity index (χ0v) is 13.2. The zero-order valence-electron chi connectivity index (χ0n) is 11.2. The van der Waals surface area contributed by atoms with Crippen LogP contribution in [0.25, 0.3) is 0 Å². The minimum atomic E-state index is -0.0700. The molecule has 0 aliphatic rings. The molecule has 0 saturated heterocycles. The average molecular weight is 246 g/mol. The van der Waals surface area contributed by atoms with Gasteiger partial charge in [0.25, 0.3) is 5.97 Å². The molecular formula is C12H26O3Si. The standard InChI is InChI=1S/C12H26O3Si/c1-12(2,3)8-6-10-14-9-5-4-7-11(13)15-16/h4-10H2,1-3,16H3. The van der Waals surface area contributed by atoms with Gasteiger partial charge in [-0.25, -0.2) is 0 Å². The third-order valence-electron chi connectivity index (χ3n) is 2.36. The first-order chi connectivity index (χ1) is 7.45. The fourth-order valence-electron chi connectivity index (χ4n) is 1.38. The first kappa shape index (κ1) is 15.6. The maximum atomic E-state index is 10.8. The van der Waals surface area contributed by atoms with Crippen molar-refractivity contribution in [2.24, 2.45) is 5.41 Å². The fourth-order valence-corrected chi connectivity index (χ4v) is 1.59. The number of unbranched alkanes of at least 4 members (excludes halogenated alkanes) is 1. The first-order valence-corrected chi connectivity index (χ1v) is 6.92. The van der Waals surface area contributed by atoms with Gasteiger partial charge in [0.1, 0.15) is 0 Å². The molecule has 0 aromatic carbocycles. The van der Waals surface area contributed by atoms with E-state index in [1.165, 1.54) is 6.42 Å². The number of hydrogen-bond donors (Lipinski definition) is 0. The van der Waals surface area contributed by atoms with Crippen LogP contribution in [0.15, 0.2) is 0 Å². The van der Waals surface area contributed by atoms with Crippen LogP contribution in [-0.2, 0) is 14.0 Å². The highest BCUT2D eigenvalue weighted by molar-refractivity contribution is 6.05. The minimum Gasteiger partial charge on any atom is -0.529 e. The molecule has 0 aliphatic carbocycles. The molecule has 16 heavy (non-hydrogen) atoms. The van der Waals surface area contributed by atoms with Crippen LogP contribution in [0.1, 0.15) is 52.9 Å². The average Bonchev–Trinajstić information content (AvgIpc) is 2.20. The van der Waals surface area contributed by atoms with Crippen LogP contribution in [-0.4, -0.2) is 29.7 Å². The second kappa shape index (κ2) is 8.76. The van der Waals surface area contributed by atoms with Gasteiger partial charge >= 0.3 is 0 Å². The second-order valence-electron chi connectivity index (χ2n) is 5.31. The molecule has 0 rings (SSSR count). The maximum absolute atomic E-state index is 10.8. The van der Waals surface area contributed by atoms with E-state index in [0.29, 0.717) is 22.3 Å². The van der Waals surface area contributed by atoms with Gasteiger partial charge in [0.15, 0.2) is 0 Å². The first-order valence-electron chi connectivity index (χ1n) is 6.10. The van der Waals surface area contributed by atoms with E-state index in [-0.39, 0.29) is 5.97 Å². The summed E-state index contributed by atoms with van der Waals surface area (Å²) in [4.78, 5) is 10.8. The highest BCUT2D eigenvalue weighted by atomic mass is 28.2. The Morgan fingerprint density at radius 2 is 1.75 bits per heavy atom. The van der Waals surface area contributed by atoms with Gasteiger partial charge in [-0.15, -0.1) is 0 Å². The van der Waals surface area contributed by atoms with E-state index in [2.05, 4.69) is 20.8 Å². The molecule has 0 aromatic heterocycles. The molecular weight excluding hydrogens is 220 g/mol. The Hall–Kier alpha value is -0.353. The highest BCUT2D eigenvalue weighted by Gasteiger charge is 2.08. The number of carbonyl (C=O) groups excluding carboxylic acids is 1. The predicted molar refractivity (Wildman–Crippen MR) is 69.4 cm³/mol. The van der Waals surface area contributed by atoms with Crippen LogP contribution < -0.4 is 0 Å². The molecule has 0 aliphatic heterocycles. The van der Waals surface area contributed by atoms with Crippen LogP contribution in [0.2, 0.25) is 0 Å². The lowest BCUT2D eigenvalue weighted by Gasteiger charge is -2.17. The normalized spacial score (nSPS) is 11.7. The molecule has 0 N–H and O–H groups in total. The molecule has 0 unspecified atom stereocenters. The van der Waals surface area contributed by atoms with E-state index >= 15 is 0 Å². The van der Waals surface area contributed by atoms with Gasteiger partial charge in [-0.05, 0) is 31.1 Å². The van der Waals surface area contributed by atoms with Crippen molar-refractivity contribution in [3.8, 4) is 0 Å². The van der Waals surface area contributed by atoms with Gasteiger partial charge in [0.05, 0.1) is 0 Å². The molecule has 0 radical (unpaired) electrons. The Morgan fingerprint density at radius 1 is 1.12 bits per heavy atom. The molecule has 0 saturated carbocycles. The molecule has 4 heteroatoms. The largest absolute Gasteiger partial charge is 0.529 e. The molecule has 3 nitrogen and oxygen atoms in total. The summed E-state index contributed by atoms with van der Waals surface area (Å²) in [6.07, 6.45) is 4.67. The molecule has 0 bridgehead atoms. The van der Waals surface area contributed by atoms with E-state index in [9.17, 15) is 4.79 Å². The topological polar surface area (TPSA) is 35.5 Å². The summed E-state index contributed by atoms with van der Waals surface area (Å²) in [6.45, 7) is 8.33. The molecule has 0 spiro atoms. The van der Waals surface area contributed by atoms with Crippen molar-refractivity contribution in [3.05, 3.63) is 0 Å². The fraction of sp³-hybridized carbons (Fsp3) is 0.917. The molecule has 0 amide bonds. The van der Waals surface area contributed by atoms with Gasteiger partial charge in [-0.3, -0.25) is 4.79 Å². The molecule has 96 valence electrons. The van der Waals surface area contributed by atoms with Crippen molar-refractivity contribution in [2.75, 3.05) is 13.2 Å². The molecule has 0 fully saturated rings. The van der Waals surface area contributed by atoms with Crippen LogP contribution in [0.4, 0.5) is 0 Å². The lowest BCUT2D eigenvalue weighted by atomic mass is 9.91. The third kappa shape index (κ3) is 11.7. The lowest BCUT2D eigenvalue weighted by Crippen LogP contribution is -2.07. The van der Waals surface area contributed by atoms with Crippen molar-refractivity contribution < 1.29 is 14.0 Å². The van der Waals surface area contributed by atoms with Gasteiger partial charge in [-0.1, -0.05) is 20.8 Å². The zero-order chi connectivity index (χ0) is 12.4. The van der Waals surface area contributed by atoms with Crippen LogP contribution in [0.3, 0.4) is 0 Å². The van der Waals surface area contributed by atoms with Gasteiger partial charge in [0.2, 0.25) is 10.5 Å². The van der Waals surface area contributed by atoms with Gasteiger partial charge in [0, 0.05) is 19.6 Å². The summed E-state index contributed by atoms with van der Waals surface area (Å²) in [5.41, 5.74) is 0.401. The summed E-state index contributed by atoms with van der Waals surface area (Å²) >= 11 is 0. The van der Waals surface area contributed by atoms with Crippen LogP contribution in [0, 0.1) is 5.41 Å². The quantitative estimate of drug-likeness (QED) is 0.484. The van der Waals surface area contributed by atoms with E-state index in [4.69, 9.17) is 9.16 Å². The van der Waals surface area contributed by atoms with E-state index in [0.717, 1.165) is 32.5 Å². The van der Waals surface area contributed by atoms with Gasteiger partial charge < -0.3 is 9.16 Å². The number of rotatable bonds is 8. The Balaban J connectivity index is 3.13. The Kier molecular flexibility index (Phi) is 8.57. The Morgan fingerprint density at radius 3 is 2.31 bits per heavy atom. The van der Waals surface area contributed by atoms with Gasteiger partial charge in [-0.2, -0.15) is 0 Å². The Labute approximate surface area is 102 Å². The minimum absolute atomic E-state index is 0.0700. The monoisotopic (exact) mass is 246 g/mol. The summed E-state index contributed by atoms with van der Waals surface area (Å²) in [7, 11) is 0.508. The van der Waals surface area contributed by atoms with Crippen molar-refractivity contribution in [1.29, 1.82) is 0 Å². The molecule has 0 heterocycles. The molecule has 0 aromatic rings. The SMILES string of the molecule is CC(C)(C)CCCOCCCCC(=O)O[SiH3].